The van der Waals surface area contributed by atoms with Gasteiger partial charge in [0.05, 0.1) is 10.4 Å². The van der Waals surface area contributed by atoms with E-state index < -0.39 is 0 Å². The number of aromatic amines is 1. The maximum absolute atomic E-state index is 4.30. The molecular formula is C20H25N3S. The van der Waals surface area contributed by atoms with Crippen LogP contribution in [0.4, 0.5) is 0 Å². The van der Waals surface area contributed by atoms with Crippen molar-refractivity contribution < 1.29 is 0 Å². The van der Waals surface area contributed by atoms with Gasteiger partial charge in [-0.15, -0.1) is 11.3 Å². The lowest BCUT2D eigenvalue weighted by Gasteiger charge is -2.34. The van der Waals surface area contributed by atoms with Crippen LogP contribution in [0.15, 0.2) is 30.0 Å². The summed E-state index contributed by atoms with van der Waals surface area (Å²) in [6.45, 7) is 6.97. The molecule has 2 aromatic heterocycles. The standard InChI is InChI=1S/C20H25N3S/c1-3-7-23(8-4-2)15-9-14-11-22-18-6-5-16(17(10-15)20(14)18)19-12-21-13-24-19/h5-6,11-13,15,22H,3-4,7-10H2,1-2H3. The Hall–Kier alpha value is -1.65. The van der Waals surface area contributed by atoms with Crippen molar-refractivity contribution >= 4 is 22.2 Å². The number of aromatic nitrogens is 2. The summed E-state index contributed by atoms with van der Waals surface area (Å²) in [7, 11) is 0. The first-order chi connectivity index (χ1) is 11.8. The third-order valence-electron chi connectivity index (χ3n) is 5.17. The summed E-state index contributed by atoms with van der Waals surface area (Å²) in [5.74, 6) is 0. The Kier molecular flexibility index (Phi) is 4.42. The molecule has 0 aliphatic heterocycles. The number of thiazole rings is 1. The van der Waals surface area contributed by atoms with Gasteiger partial charge < -0.3 is 4.98 Å². The van der Waals surface area contributed by atoms with Gasteiger partial charge in [-0.05, 0) is 61.5 Å². The van der Waals surface area contributed by atoms with E-state index in [2.05, 4.69) is 47.0 Å². The minimum atomic E-state index is 0.616. The molecule has 126 valence electrons. The molecule has 4 heteroatoms. The molecule has 1 aliphatic carbocycles. The summed E-state index contributed by atoms with van der Waals surface area (Å²) < 4.78 is 0. The van der Waals surface area contributed by atoms with Crippen molar-refractivity contribution in [3.05, 3.63) is 41.2 Å². The van der Waals surface area contributed by atoms with Gasteiger partial charge in [-0.25, -0.2) is 0 Å². The Morgan fingerprint density at radius 3 is 2.75 bits per heavy atom. The fourth-order valence-electron chi connectivity index (χ4n) is 4.20. The highest BCUT2D eigenvalue weighted by Gasteiger charge is 2.28. The molecule has 4 rings (SSSR count). The van der Waals surface area contributed by atoms with Gasteiger partial charge >= 0.3 is 0 Å². The Bertz CT molecular complexity index is 813. The second-order valence-electron chi connectivity index (χ2n) is 6.79. The van der Waals surface area contributed by atoms with Crippen molar-refractivity contribution in [2.24, 2.45) is 0 Å². The van der Waals surface area contributed by atoms with E-state index in [0.717, 1.165) is 6.42 Å². The smallest absolute Gasteiger partial charge is 0.0797 e. The first-order valence-electron chi connectivity index (χ1n) is 9.06. The van der Waals surface area contributed by atoms with Gasteiger partial charge in [0.2, 0.25) is 0 Å². The number of rotatable bonds is 6. The normalized spacial score (nSPS) is 17.0. The highest BCUT2D eigenvalue weighted by molar-refractivity contribution is 7.13. The van der Waals surface area contributed by atoms with E-state index in [1.165, 1.54) is 64.8 Å². The molecule has 0 fully saturated rings. The van der Waals surface area contributed by atoms with Gasteiger partial charge in [0.15, 0.2) is 0 Å². The molecule has 1 aromatic carbocycles. The number of hydrogen-bond acceptors (Lipinski definition) is 3. The van der Waals surface area contributed by atoms with E-state index in [9.17, 15) is 0 Å². The zero-order chi connectivity index (χ0) is 16.5. The van der Waals surface area contributed by atoms with Gasteiger partial charge in [-0.1, -0.05) is 19.9 Å². The lowest BCUT2D eigenvalue weighted by molar-refractivity contribution is 0.192. The largest absolute Gasteiger partial charge is 0.361 e. The van der Waals surface area contributed by atoms with Gasteiger partial charge in [-0.3, -0.25) is 9.88 Å². The first kappa shape index (κ1) is 15.9. The predicted molar refractivity (Wildman–Crippen MR) is 103 cm³/mol. The molecule has 0 saturated heterocycles. The Morgan fingerprint density at radius 1 is 1.21 bits per heavy atom. The molecule has 1 atom stereocenters. The second kappa shape index (κ2) is 6.69. The fourth-order valence-corrected chi connectivity index (χ4v) is 4.87. The van der Waals surface area contributed by atoms with Crippen LogP contribution in [0.1, 0.15) is 37.8 Å². The third-order valence-corrected chi connectivity index (χ3v) is 5.97. The quantitative estimate of drug-likeness (QED) is 0.694. The molecule has 1 N–H and O–H groups in total. The molecule has 3 aromatic rings. The molecule has 0 bridgehead atoms. The molecule has 1 unspecified atom stereocenters. The van der Waals surface area contributed by atoms with E-state index in [4.69, 9.17) is 0 Å². The topological polar surface area (TPSA) is 31.9 Å². The van der Waals surface area contributed by atoms with Crippen molar-refractivity contribution in [2.45, 2.75) is 45.6 Å². The van der Waals surface area contributed by atoms with Crippen LogP contribution < -0.4 is 0 Å². The van der Waals surface area contributed by atoms with Gasteiger partial charge in [0.1, 0.15) is 0 Å². The average molecular weight is 340 g/mol. The maximum atomic E-state index is 4.30. The summed E-state index contributed by atoms with van der Waals surface area (Å²) >= 11 is 1.74. The number of nitrogens with one attached hydrogen (secondary N) is 1. The molecule has 0 radical (unpaired) electrons. The van der Waals surface area contributed by atoms with E-state index in [1.807, 2.05) is 11.7 Å². The van der Waals surface area contributed by atoms with Crippen molar-refractivity contribution in [3.8, 4) is 10.4 Å². The summed E-state index contributed by atoms with van der Waals surface area (Å²) in [5.41, 5.74) is 7.60. The van der Waals surface area contributed by atoms with E-state index in [-0.39, 0.29) is 0 Å². The highest BCUT2D eigenvalue weighted by atomic mass is 32.1. The van der Waals surface area contributed by atoms with Crippen molar-refractivity contribution in [3.63, 3.8) is 0 Å². The summed E-state index contributed by atoms with van der Waals surface area (Å²) in [5, 5.41) is 1.46. The van der Waals surface area contributed by atoms with Gasteiger partial charge in [0.25, 0.3) is 0 Å². The highest BCUT2D eigenvalue weighted by Crippen LogP contribution is 2.38. The molecule has 1 aliphatic rings. The summed E-state index contributed by atoms with van der Waals surface area (Å²) in [6, 6.07) is 5.12. The number of nitrogens with zero attached hydrogens (tertiary/aromatic N) is 2. The van der Waals surface area contributed by atoms with E-state index in [1.54, 1.807) is 11.3 Å². The fraction of sp³-hybridized carbons (Fsp3) is 0.450. The van der Waals surface area contributed by atoms with Crippen LogP contribution in [-0.4, -0.2) is 34.0 Å². The predicted octanol–water partition coefficient (Wildman–Crippen LogP) is 4.88. The SMILES string of the molecule is CCCN(CCC)C1Cc2c[nH]c3ccc(-c4cncs4)c(c23)C1. The Balaban J connectivity index is 1.78. The monoisotopic (exact) mass is 339 g/mol. The van der Waals surface area contributed by atoms with Crippen molar-refractivity contribution in [1.82, 2.24) is 14.9 Å². The Labute approximate surface area is 147 Å². The number of benzene rings is 1. The minimum absolute atomic E-state index is 0.616. The zero-order valence-electron chi connectivity index (χ0n) is 14.5. The third kappa shape index (κ3) is 2.68. The molecule has 0 amide bonds. The lowest BCUT2D eigenvalue weighted by atomic mass is 9.85. The van der Waals surface area contributed by atoms with Crippen LogP contribution in [0.3, 0.4) is 0 Å². The second-order valence-corrected chi connectivity index (χ2v) is 7.68. The van der Waals surface area contributed by atoms with Gasteiger partial charge in [-0.2, -0.15) is 0 Å². The van der Waals surface area contributed by atoms with Crippen LogP contribution in [-0.2, 0) is 12.8 Å². The van der Waals surface area contributed by atoms with Crippen LogP contribution in [0, 0.1) is 0 Å². The number of H-pyrrole nitrogens is 1. The van der Waals surface area contributed by atoms with Crippen molar-refractivity contribution in [1.29, 1.82) is 0 Å². The van der Waals surface area contributed by atoms with E-state index in [0.29, 0.717) is 6.04 Å². The molecule has 0 spiro atoms. The van der Waals surface area contributed by atoms with Crippen LogP contribution in [0.2, 0.25) is 0 Å². The molecule has 24 heavy (non-hydrogen) atoms. The molecule has 3 nitrogen and oxygen atoms in total. The Morgan fingerprint density at radius 2 is 2.04 bits per heavy atom. The van der Waals surface area contributed by atoms with Crippen molar-refractivity contribution in [2.75, 3.05) is 13.1 Å². The zero-order valence-corrected chi connectivity index (χ0v) is 15.3. The van der Waals surface area contributed by atoms with Gasteiger partial charge in [0, 0.05) is 29.3 Å². The summed E-state index contributed by atoms with van der Waals surface area (Å²) in [6.07, 6.45) is 9.00. The molecule has 0 saturated carbocycles. The number of hydrogen-bond donors (Lipinski definition) is 1. The first-order valence-corrected chi connectivity index (χ1v) is 9.94. The minimum Gasteiger partial charge on any atom is -0.361 e. The average Bonchev–Trinajstić information content (AvgIpc) is 3.26. The summed E-state index contributed by atoms with van der Waals surface area (Å²) in [4.78, 5) is 11.8. The molecule has 2 heterocycles. The lowest BCUT2D eigenvalue weighted by Crippen LogP contribution is -2.41. The van der Waals surface area contributed by atoms with Crippen LogP contribution in [0.25, 0.3) is 21.3 Å². The van der Waals surface area contributed by atoms with Crippen LogP contribution >= 0.6 is 11.3 Å². The molecular weight excluding hydrogens is 314 g/mol. The van der Waals surface area contributed by atoms with E-state index >= 15 is 0 Å². The maximum Gasteiger partial charge on any atom is 0.0797 e. The van der Waals surface area contributed by atoms with Crippen LogP contribution in [0.5, 0.6) is 0 Å².